The Morgan fingerprint density at radius 3 is 2.76 bits per heavy atom. The number of hydrogen-bond acceptors (Lipinski definition) is 4. The van der Waals surface area contributed by atoms with Gasteiger partial charge in [0.15, 0.2) is 0 Å². The van der Waals surface area contributed by atoms with E-state index in [1.54, 1.807) is 6.33 Å². The third kappa shape index (κ3) is 4.44. The molecule has 6 nitrogen and oxygen atoms in total. The number of amides is 1. The van der Waals surface area contributed by atoms with Crippen molar-refractivity contribution in [1.29, 1.82) is 0 Å². The van der Waals surface area contributed by atoms with Crippen molar-refractivity contribution in [2.24, 2.45) is 5.73 Å². The number of imidazole rings is 1. The summed E-state index contributed by atoms with van der Waals surface area (Å²) in [4.78, 5) is 18.4. The van der Waals surface area contributed by atoms with Crippen LogP contribution in [0.4, 0.5) is 4.79 Å². The SMILES string of the molecule is Cc1[nH]cnc1C(N)CNC(=O)OC(C)(C)C. The van der Waals surface area contributed by atoms with Crippen LogP contribution in [-0.2, 0) is 4.74 Å². The predicted octanol–water partition coefficient (Wildman–Crippen LogP) is 1.24. The number of nitrogens with one attached hydrogen (secondary N) is 2. The molecule has 96 valence electrons. The van der Waals surface area contributed by atoms with E-state index in [1.807, 2.05) is 27.7 Å². The summed E-state index contributed by atoms with van der Waals surface area (Å²) in [6.45, 7) is 7.61. The average Bonchev–Trinajstić information content (AvgIpc) is 2.58. The zero-order chi connectivity index (χ0) is 13.1. The minimum absolute atomic E-state index is 0.292. The van der Waals surface area contributed by atoms with E-state index < -0.39 is 11.7 Å². The van der Waals surface area contributed by atoms with Crippen LogP contribution in [0.2, 0.25) is 0 Å². The molecule has 6 heteroatoms. The molecule has 1 amide bonds. The Balaban J connectivity index is 2.41. The number of ether oxygens (including phenoxy) is 1. The lowest BCUT2D eigenvalue weighted by atomic mass is 10.2. The molecular formula is C11H20N4O2. The molecule has 0 aliphatic rings. The number of H-pyrrole nitrogens is 1. The highest BCUT2D eigenvalue weighted by atomic mass is 16.6. The second kappa shape index (κ2) is 5.18. The van der Waals surface area contributed by atoms with Crippen molar-refractivity contribution in [1.82, 2.24) is 15.3 Å². The van der Waals surface area contributed by atoms with Crippen LogP contribution >= 0.6 is 0 Å². The molecule has 1 heterocycles. The number of aromatic amines is 1. The van der Waals surface area contributed by atoms with Gasteiger partial charge in [-0.15, -0.1) is 0 Å². The normalized spacial score (nSPS) is 13.2. The van der Waals surface area contributed by atoms with Gasteiger partial charge >= 0.3 is 6.09 Å². The number of aryl methyl sites for hydroxylation is 1. The van der Waals surface area contributed by atoms with Crippen molar-refractivity contribution in [3.63, 3.8) is 0 Å². The van der Waals surface area contributed by atoms with Gasteiger partial charge in [0.2, 0.25) is 0 Å². The fourth-order valence-electron chi connectivity index (χ4n) is 1.35. The molecule has 1 atom stereocenters. The molecule has 0 aromatic carbocycles. The van der Waals surface area contributed by atoms with Crippen LogP contribution in [0, 0.1) is 6.92 Å². The standard InChI is InChI=1S/C11H20N4O2/c1-7-9(15-6-14-7)8(12)5-13-10(16)17-11(2,3)4/h6,8H,5,12H2,1-4H3,(H,13,16)(H,14,15). The summed E-state index contributed by atoms with van der Waals surface area (Å²) in [6, 6.07) is -0.339. The molecule has 1 unspecified atom stereocenters. The summed E-state index contributed by atoms with van der Waals surface area (Å²) in [7, 11) is 0. The molecule has 0 saturated heterocycles. The van der Waals surface area contributed by atoms with Crippen LogP contribution in [0.3, 0.4) is 0 Å². The van der Waals surface area contributed by atoms with Crippen LogP contribution in [0.15, 0.2) is 6.33 Å². The Bertz CT molecular complexity index is 381. The topological polar surface area (TPSA) is 93.0 Å². The van der Waals surface area contributed by atoms with Crippen LogP contribution in [0.1, 0.15) is 38.2 Å². The zero-order valence-corrected chi connectivity index (χ0v) is 10.7. The molecule has 0 saturated carbocycles. The largest absolute Gasteiger partial charge is 0.444 e. The second-order valence-corrected chi connectivity index (χ2v) is 4.90. The quantitative estimate of drug-likeness (QED) is 0.741. The number of nitrogens with two attached hydrogens (primary N) is 1. The molecule has 0 spiro atoms. The number of alkyl carbamates (subject to hydrolysis) is 1. The number of nitrogens with zero attached hydrogens (tertiary/aromatic N) is 1. The summed E-state index contributed by atoms with van der Waals surface area (Å²) in [6.07, 6.45) is 1.11. The first-order chi connectivity index (χ1) is 7.79. The summed E-state index contributed by atoms with van der Waals surface area (Å²) in [5.41, 5.74) is 7.05. The summed E-state index contributed by atoms with van der Waals surface area (Å²) in [5.74, 6) is 0. The number of hydrogen-bond donors (Lipinski definition) is 3. The van der Waals surface area contributed by atoms with Gasteiger partial charge in [-0.3, -0.25) is 0 Å². The molecule has 4 N–H and O–H groups in total. The Morgan fingerprint density at radius 2 is 2.29 bits per heavy atom. The van der Waals surface area contributed by atoms with Gasteiger partial charge in [0.05, 0.1) is 18.1 Å². The minimum Gasteiger partial charge on any atom is -0.444 e. The molecule has 0 radical (unpaired) electrons. The smallest absolute Gasteiger partial charge is 0.407 e. The average molecular weight is 240 g/mol. The van der Waals surface area contributed by atoms with E-state index in [2.05, 4.69) is 15.3 Å². The van der Waals surface area contributed by atoms with Crippen LogP contribution < -0.4 is 11.1 Å². The molecule has 1 rings (SSSR count). The second-order valence-electron chi connectivity index (χ2n) is 4.90. The minimum atomic E-state index is -0.504. The van der Waals surface area contributed by atoms with Crippen LogP contribution in [0.25, 0.3) is 0 Å². The van der Waals surface area contributed by atoms with E-state index >= 15 is 0 Å². The number of carbonyl (C=O) groups excluding carboxylic acids is 1. The molecule has 0 aliphatic carbocycles. The van der Waals surface area contributed by atoms with E-state index in [0.717, 1.165) is 11.4 Å². The third-order valence-electron chi connectivity index (χ3n) is 2.09. The fraction of sp³-hybridized carbons (Fsp3) is 0.636. The lowest BCUT2D eigenvalue weighted by Gasteiger charge is -2.20. The van der Waals surface area contributed by atoms with Gasteiger partial charge in [-0.2, -0.15) is 0 Å². The Morgan fingerprint density at radius 1 is 1.65 bits per heavy atom. The maximum absolute atomic E-state index is 11.4. The first-order valence-corrected chi connectivity index (χ1v) is 5.52. The first-order valence-electron chi connectivity index (χ1n) is 5.52. The summed E-state index contributed by atoms with van der Waals surface area (Å²) in [5, 5.41) is 2.61. The molecule has 17 heavy (non-hydrogen) atoms. The van der Waals surface area contributed by atoms with Gasteiger partial charge in [0.1, 0.15) is 5.60 Å². The highest BCUT2D eigenvalue weighted by molar-refractivity contribution is 5.67. The molecular weight excluding hydrogens is 220 g/mol. The first kappa shape index (κ1) is 13.5. The Kier molecular flexibility index (Phi) is 4.11. The van der Waals surface area contributed by atoms with Crippen molar-refractivity contribution >= 4 is 6.09 Å². The van der Waals surface area contributed by atoms with E-state index in [0.29, 0.717) is 6.54 Å². The lowest BCUT2D eigenvalue weighted by molar-refractivity contribution is 0.0524. The highest BCUT2D eigenvalue weighted by Gasteiger charge is 2.18. The van der Waals surface area contributed by atoms with Crippen molar-refractivity contribution in [2.75, 3.05) is 6.54 Å². The maximum atomic E-state index is 11.4. The van der Waals surface area contributed by atoms with Gasteiger partial charge in [0.25, 0.3) is 0 Å². The van der Waals surface area contributed by atoms with Crippen LogP contribution in [0.5, 0.6) is 0 Å². The molecule has 0 bridgehead atoms. The van der Waals surface area contributed by atoms with Crippen molar-refractivity contribution in [2.45, 2.75) is 39.3 Å². The Labute approximate surface area is 101 Å². The summed E-state index contributed by atoms with van der Waals surface area (Å²) < 4.78 is 5.10. The third-order valence-corrected chi connectivity index (χ3v) is 2.09. The van der Waals surface area contributed by atoms with Gasteiger partial charge in [-0.25, -0.2) is 9.78 Å². The van der Waals surface area contributed by atoms with E-state index in [-0.39, 0.29) is 6.04 Å². The summed E-state index contributed by atoms with van der Waals surface area (Å²) >= 11 is 0. The van der Waals surface area contributed by atoms with Gasteiger partial charge in [0, 0.05) is 12.2 Å². The highest BCUT2D eigenvalue weighted by Crippen LogP contribution is 2.10. The monoisotopic (exact) mass is 240 g/mol. The maximum Gasteiger partial charge on any atom is 0.407 e. The molecule has 1 aromatic heterocycles. The molecule has 1 aromatic rings. The van der Waals surface area contributed by atoms with Crippen molar-refractivity contribution in [3.8, 4) is 0 Å². The Hall–Kier alpha value is -1.56. The van der Waals surface area contributed by atoms with Crippen molar-refractivity contribution in [3.05, 3.63) is 17.7 Å². The fourth-order valence-corrected chi connectivity index (χ4v) is 1.35. The van der Waals surface area contributed by atoms with Gasteiger partial charge in [-0.1, -0.05) is 0 Å². The van der Waals surface area contributed by atoms with Gasteiger partial charge < -0.3 is 20.8 Å². The zero-order valence-electron chi connectivity index (χ0n) is 10.7. The van der Waals surface area contributed by atoms with E-state index in [1.165, 1.54) is 0 Å². The lowest BCUT2D eigenvalue weighted by Crippen LogP contribution is -2.36. The molecule has 0 aliphatic heterocycles. The number of aromatic nitrogens is 2. The van der Waals surface area contributed by atoms with Crippen molar-refractivity contribution < 1.29 is 9.53 Å². The van der Waals surface area contributed by atoms with E-state index in [9.17, 15) is 4.79 Å². The molecule has 0 fully saturated rings. The van der Waals surface area contributed by atoms with E-state index in [4.69, 9.17) is 10.5 Å². The number of rotatable bonds is 3. The van der Waals surface area contributed by atoms with Gasteiger partial charge in [-0.05, 0) is 27.7 Å². The predicted molar refractivity (Wildman–Crippen MR) is 64.5 cm³/mol. The van der Waals surface area contributed by atoms with Crippen LogP contribution in [-0.4, -0.2) is 28.2 Å². The number of carbonyl (C=O) groups is 1.